The molecule has 3 aliphatic heterocycles. The molecular weight excluding hydrogens is 334 g/mol. The van der Waals surface area contributed by atoms with Crippen LogP contribution in [0.3, 0.4) is 0 Å². The summed E-state index contributed by atoms with van der Waals surface area (Å²) in [6.45, 7) is 4.48. The topological polar surface area (TPSA) is 70.2 Å². The summed E-state index contributed by atoms with van der Waals surface area (Å²) in [6.07, 6.45) is -0.0724. The summed E-state index contributed by atoms with van der Waals surface area (Å²) in [7, 11) is 2.88. The van der Waals surface area contributed by atoms with E-state index in [2.05, 4.69) is 4.90 Å². The van der Waals surface area contributed by atoms with Gasteiger partial charge < -0.3 is 9.64 Å². The molecule has 0 aromatic heterocycles. The minimum absolute atomic E-state index is 0.0182. The SMILES string of the molecule is CC1CN2c3ccccc3CC3(C(=O)N(C)C(=O)N(C)C3=O)C2C(C)O1. The van der Waals surface area contributed by atoms with E-state index < -0.39 is 29.3 Å². The molecule has 3 heterocycles. The van der Waals surface area contributed by atoms with Crippen LogP contribution in [0, 0.1) is 5.41 Å². The lowest BCUT2D eigenvalue weighted by atomic mass is 9.66. The van der Waals surface area contributed by atoms with Crippen molar-refractivity contribution >= 4 is 23.5 Å². The first-order chi connectivity index (χ1) is 12.3. The molecule has 3 atom stereocenters. The monoisotopic (exact) mass is 357 g/mol. The van der Waals surface area contributed by atoms with Crippen molar-refractivity contribution in [1.29, 1.82) is 0 Å². The van der Waals surface area contributed by atoms with Gasteiger partial charge in [-0.15, -0.1) is 0 Å². The van der Waals surface area contributed by atoms with Crippen molar-refractivity contribution in [3.8, 4) is 0 Å². The molecule has 0 radical (unpaired) electrons. The number of imide groups is 2. The molecule has 1 aromatic carbocycles. The van der Waals surface area contributed by atoms with Gasteiger partial charge in [0.1, 0.15) is 0 Å². The number of barbiturate groups is 1. The third-order valence-corrected chi connectivity index (χ3v) is 5.90. The molecule has 138 valence electrons. The number of benzene rings is 1. The van der Waals surface area contributed by atoms with Gasteiger partial charge >= 0.3 is 6.03 Å². The smallest absolute Gasteiger partial charge is 0.332 e. The molecule has 7 nitrogen and oxygen atoms in total. The zero-order valence-corrected chi connectivity index (χ0v) is 15.4. The molecule has 0 N–H and O–H groups in total. The van der Waals surface area contributed by atoms with Gasteiger partial charge in [0.25, 0.3) is 0 Å². The molecule has 26 heavy (non-hydrogen) atoms. The number of rotatable bonds is 0. The molecule has 4 rings (SSSR count). The second kappa shape index (κ2) is 5.54. The van der Waals surface area contributed by atoms with Crippen molar-refractivity contribution in [3.05, 3.63) is 29.8 Å². The summed E-state index contributed by atoms with van der Waals surface area (Å²) in [4.78, 5) is 43.2. The van der Waals surface area contributed by atoms with E-state index in [1.54, 1.807) is 0 Å². The van der Waals surface area contributed by atoms with Crippen LogP contribution in [0.1, 0.15) is 19.4 Å². The number of para-hydroxylation sites is 1. The van der Waals surface area contributed by atoms with Gasteiger partial charge in [-0.3, -0.25) is 19.4 Å². The number of fused-ring (bicyclic) bond motifs is 4. The Bertz CT molecular complexity index is 784. The zero-order valence-electron chi connectivity index (χ0n) is 15.4. The number of urea groups is 1. The van der Waals surface area contributed by atoms with Crippen LogP contribution in [0.15, 0.2) is 24.3 Å². The van der Waals surface area contributed by atoms with Crippen LogP contribution in [0.4, 0.5) is 10.5 Å². The van der Waals surface area contributed by atoms with Crippen LogP contribution < -0.4 is 4.90 Å². The van der Waals surface area contributed by atoms with Crippen LogP contribution in [-0.4, -0.2) is 66.5 Å². The molecule has 0 saturated carbocycles. The maximum Gasteiger partial charge on any atom is 0.332 e. The number of ether oxygens (including phenoxy) is 1. The highest BCUT2D eigenvalue weighted by Crippen LogP contribution is 2.48. The van der Waals surface area contributed by atoms with Gasteiger partial charge in [-0.05, 0) is 31.9 Å². The maximum atomic E-state index is 13.3. The normalized spacial score (nSPS) is 30.5. The number of amides is 4. The molecule has 0 bridgehead atoms. The number of morpholine rings is 1. The van der Waals surface area contributed by atoms with Gasteiger partial charge in [0.15, 0.2) is 5.41 Å². The highest BCUT2D eigenvalue weighted by molar-refractivity contribution is 6.20. The first-order valence-electron chi connectivity index (χ1n) is 8.89. The molecule has 0 aliphatic carbocycles. The molecule has 1 spiro atoms. The lowest BCUT2D eigenvalue weighted by Crippen LogP contribution is -2.75. The molecule has 1 aromatic rings. The zero-order chi connectivity index (χ0) is 18.8. The van der Waals surface area contributed by atoms with E-state index in [-0.39, 0.29) is 18.6 Å². The Morgan fingerprint density at radius 1 is 1.04 bits per heavy atom. The van der Waals surface area contributed by atoms with E-state index in [1.807, 2.05) is 38.1 Å². The number of carbonyl (C=O) groups is 3. The third-order valence-electron chi connectivity index (χ3n) is 5.90. The summed E-state index contributed by atoms with van der Waals surface area (Å²) in [5, 5.41) is 0. The number of hydrogen-bond acceptors (Lipinski definition) is 5. The second-order valence-electron chi connectivity index (χ2n) is 7.54. The Kier molecular flexibility index (Phi) is 3.63. The van der Waals surface area contributed by atoms with Crippen LogP contribution in [0.5, 0.6) is 0 Å². The summed E-state index contributed by atoms with van der Waals surface area (Å²) >= 11 is 0. The maximum absolute atomic E-state index is 13.3. The standard InChI is InChI=1S/C19H23N3O4/c1-11-10-22-14-8-6-5-7-13(14)9-19(15(22)12(2)26-11)16(23)20(3)18(25)21(4)17(19)24/h5-8,11-12,15H,9-10H2,1-4H3. The van der Waals surface area contributed by atoms with E-state index >= 15 is 0 Å². The molecular formula is C19H23N3O4. The average Bonchev–Trinajstić information content (AvgIpc) is 2.62. The quantitative estimate of drug-likeness (QED) is 0.654. The van der Waals surface area contributed by atoms with Gasteiger partial charge in [0.05, 0.1) is 18.2 Å². The van der Waals surface area contributed by atoms with Crippen molar-refractivity contribution in [3.63, 3.8) is 0 Å². The predicted octanol–water partition coefficient (Wildman–Crippen LogP) is 1.26. The third kappa shape index (κ3) is 2.00. The number of anilines is 1. The fourth-order valence-corrected chi connectivity index (χ4v) is 4.88. The lowest BCUT2D eigenvalue weighted by Gasteiger charge is -2.57. The summed E-state index contributed by atoms with van der Waals surface area (Å²) < 4.78 is 6.02. The molecule has 3 aliphatic rings. The number of hydrogen-bond donors (Lipinski definition) is 0. The fourth-order valence-electron chi connectivity index (χ4n) is 4.88. The van der Waals surface area contributed by atoms with Crippen LogP contribution in [0.2, 0.25) is 0 Å². The van der Waals surface area contributed by atoms with E-state index in [4.69, 9.17) is 4.74 Å². The summed E-state index contributed by atoms with van der Waals surface area (Å²) in [6, 6.07) is 6.81. The van der Waals surface area contributed by atoms with Gasteiger partial charge in [0, 0.05) is 26.3 Å². The number of carbonyl (C=O) groups excluding carboxylic acids is 3. The van der Waals surface area contributed by atoms with Crippen molar-refractivity contribution in [2.24, 2.45) is 5.41 Å². The van der Waals surface area contributed by atoms with Gasteiger partial charge in [-0.1, -0.05) is 18.2 Å². The van der Waals surface area contributed by atoms with Crippen molar-refractivity contribution < 1.29 is 19.1 Å². The first kappa shape index (κ1) is 17.0. The molecule has 2 saturated heterocycles. The fraction of sp³-hybridized carbons (Fsp3) is 0.526. The first-order valence-corrected chi connectivity index (χ1v) is 8.89. The van der Waals surface area contributed by atoms with E-state index in [0.717, 1.165) is 21.1 Å². The Hall–Kier alpha value is -2.41. The second-order valence-corrected chi connectivity index (χ2v) is 7.54. The van der Waals surface area contributed by atoms with Crippen LogP contribution in [0.25, 0.3) is 0 Å². The van der Waals surface area contributed by atoms with Crippen LogP contribution in [-0.2, 0) is 20.7 Å². The molecule has 4 amide bonds. The lowest BCUT2D eigenvalue weighted by molar-refractivity contribution is -0.166. The van der Waals surface area contributed by atoms with Gasteiger partial charge in [-0.25, -0.2) is 4.79 Å². The van der Waals surface area contributed by atoms with E-state index in [0.29, 0.717) is 6.54 Å². The Balaban J connectivity index is 1.94. The van der Waals surface area contributed by atoms with Gasteiger partial charge in [0.2, 0.25) is 11.8 Å². The summed E-state index contributed by atoms with van der Waals surface area (Å²) in [5.41, 5.74) is 0.626. The van der Waals surface area contributed by atoms with Crippen molar-refractivity contribution in [1.82, 2.24) is 9.80 Å². The minimum atomic E-state index is -1.36. The predicted molar refractivity (Wildman–Crippen MR) is 94.7 cm³/mol. The van der Waals surface area contributed by atoms with Crippen molar-refractivity contribution in [2.75, 3.05) is 25.5 Å². The Morgan fingerprint density at radius 3 is 2.31 bits per heavy atom. The Labute approximate surface area is 152 Å². The summed E-state index contributed by atoms with van der Waals surface area (Å²) in [5.74, 6) is -0.889. The molecule has 3 unspecified atom stereocenters. The van der Waals surface area contributed by atoms with Crippen molar-refractivity contribution in [2.45, 2.75) is 38.5 Å². The highest BCUT2D eigenvalue weighted by Gasteiger charge is 2.65. The van der Waals surface area contributed by atoms with Gasteiger partial charge in [-0.2, -0.15) is 0 Å². The van der Waals surface area contributed by atoms with Crippen LogP contribution >= 0.6 is 0 Å². The number of nitrogens with zero attached hydrogens (tertiary/aromatic N) is 3. The average molecular weight is 357 g/mol. The largest absolute Gasteiger partial charge is 0.372 e. The Morgan fingerprint density at radius 2 is 1.65 bits per heavy atom. The van der Waals surface area contributed by atoms with E-state index in [1.165, 1.54) is 14.1 Å². The highest BCUT2D eigenvalue weighted by atomic mass is 16.5. The molecule has 2 fully saturated rings. The van der Waals surface area contributed by atoms with E-state index in [9.17, 15) is 14.4 Å². The molecule has 7 heteroatoms. The minimum Gasteiger partial charge on any atom is -0.372 e.